The smallest absolute Gasteiger partial charge is 0.226 e. The lowest BCUT2D eigenvalue weighted by molar-refractivity contribution is 0.302. The van der Waals surface area contributed by atoms with Gasteiger partial charge in [0.15, 0.2) is 5.82 Å². The Morgan fingerprint density at radius 1 is 1.53 bits per heavy atom. The zero-order valence-corrected chi connectivity index (χ0v) is 8.66. The van der Waals surface area contributed by atoms with Crippen molar-refractivity contribution in [2.45, 2.75) is 19.8 Å². The molecule has 0 aliphatic heterocycles. The van der Waals surface area contributed by atoms with Gasteiger partial charge in [0, 0.05) is 6.20 Å². The summed E-state index contributed by atoms with van der Waals surface area (Å²) in [5.74, 6) is 0.997. The third kappa shape index (κ3) is 1.86. The van der Waals surface area contributed by atoms with Crippen LogP contribution in [-0.2, 0) is 0 Å². The van der Waals surface area contributed by atoms with Crippen LogP contribution in [0.15, 0.2) is 12.3 Å². The largest absolute Gasteiger partial charge is 0.477 e. The maximum absolute atomic E-state index is 5.72. The van der Waals surface area contributed by atoms with E-state index in [-0.39, 0.29) is 0 Å². The number of nitrogen functional groups attached to an aromatic ring is 1. The van der Waals surface area contributed by atoms with Crippen LogP contribution in [0.2, 0.25) is 0 Å². The van der Waals surface area contributed by atoms with Gasteiger partial charge in [0.2, 0.25) is 5.88 Å². The molecular formula is C10H14N4O. The summed E-state index contributed by atoms with van der Waals surface area (Å²) in [5, 5.41) is 7.51. The highest BCUT2D eigenvalue weighted by Crippen LogP contribution is 2.26. The first-order chi connectivity index (χ1) is 7.33. The molecule has 15 heavy (non-hydrogen) atoms. The van der Waals surface area contributed by atoms with Gasteiger partial charge in [-0.25, -0.2) is 4.98 Å². The summed E-state index contributed by atoms with van der Waals surface area (Å²) in [4.78, 5) is 4.15. The zero-order valence-electron chi connectivity index (χ0n) is 8.66. The first kappa shape index (κ1) is 9.76. The van der Waals surface area contributed by atoms with E-state index in [4.69, 9.17) is 10.5 Å². The molecule has 0 saturated carbocycles. The van der Waals surface area contributed by atoms with Crippen LogP contribution in [0.4, 0.5) is 5.82 Å². The molecule has 0 amide bonds. The average molecular weight is 206 g/mol. The van der Waals surface area contributed by atoms with Crippen molar-refractivity contribution >= 4 is 16.7 Å². The second kappa shape index (κ2) is 4.16. The lowest BCUT2D eigenvalue weighted by atomic mass is 10.3. The number of unbranched alkanes of at least 4 members (excludes halogenated alkanes) is 1. The number of H-pyrrole nitrogens is 1. The Hall–Kier alpha value is -1.78. The molecule has 5 heteroatoms. The van der Waals surface area contributed by atoms with Gasteiger partial charge in [-0.05, 0) is 12.5 Å². The van der Waals surface area contributed by atoms with Gasteiger partial charge in [-0.2, -0.15) is 5.10 Å². The Morgan fingerprint density at radius 2 is 2.40 bits per heavy atom. The van der Waals surface area contributed by atoms with Crippen LogP contribution in [-0.4, -0.2) is 21.8 Å². The van der Waals surface area contributed by atoms with Crippen LogP contribution in [0.1, 0.15) is 19.8 Å². The molecule has 0 bridgehead atoms. The molecule has 0 saturated heterocycles. The Kier molecular flexibility index (Phi) is 2.71. The maximum atomic E-state index is 5.72. The number of hydrogen-bond donors (Lipinski definition) is 2. The summed E-state index contributed by atoms with van der Waals surface area (Å²) in [5.41, 5.74) is 6.57. The lowest BCUT2D eigenvalue weighted by Crippen LogP contribution is -1.99. The van der Waals surface area contributed by atoms with E-state index in [0.717, 1.165) is 23.7 Å². The molecule has 0 unspecified atom stereocenters. The van der Waals surface area contributed by atoms with Crippen molar-refractivity contribution in [2.75, 3.05) is 12.3 Å². The summed E-state index contributed by atoms with van der Waals surface area (Å²) >= 11 is 0. The lowest BCUT2D eigenvalue weighted by Gasteiger charge is -2.04. The number of nitrogens with zero attached hydrogens (tertiary/aromatic N) is 2. The van der Waals surface area contributed by atoms with Gasteiger partial charge >= 0.3 is 0 Å². The van der Waals surface area contributed by atoms with E-state index in [1.54, 1.807) is 6.20 Å². The average Bonchev–Trinajstić information content (AvgIpc) is 2.62. The predicted molar refractivity (Wildman–Crippen MR) is 58.7 cm³/mol. The number of nitrogens with one attached hydrogen (secondary N) is 1. The molecule has 0 radical (unpaired) electrons. The van der Waals surface area contributed by atoms with E-state index >= 15 is 0 Å². The Balaban J connectivity index is 2.29. The molecule has 0 aliphatic carbocycles. The first-order valence-electron chi connectivity index (χ1n) is 5.04. The number of rotatable bonds is 4. The Labute approximate surface area is 87.6 Å². The standard InChI is InChI=1S/C10H14N4O/c1-2-3-6-15-10-8-7(4-5-12-10)13-14-9(8)11/h4-5H,2-3,6H2,1H3,(H3,11,13,14). The topological polar surface area (TPSA) is 76.8 Å². The van der Waals surface area contributed by atoms with E-state index in [9.17, 15) is 0 Å². The van der Waals surface area contributed by atoms with E-state index in [1.807, 2.05) is 6.07 Å². The Morgan fingerprint density at radius 3 is 3.20 bits per heavy atom. The molecule has 2 aromatic heterocycles. The fraction of sp³-hybridized carbons (Fsp3) is 0.400. The summed E-state index contributed by atoms with van der Waals surface area (Å²) in [6.07, 6.45) is 3.79. The van der Waals surface area contributed by atoms with Crippen LogP contribution < -0.4 is 10.5 Å². The molecule has 5 nitrogen and oxygen atoms in total. The minimum absolute atomic E-state index is 0.435. The molecular weight excluding hydrogens is 192 g/mol. The van der Waals surface area contributed by atoms with Gasteiger partial charge in [0.05, 0.1) is 12.1 Å². The van der Waals surface area contributed by atoms with Gasteiger partial charge in [0.25, 0.3) is 0 Å². The van der Waals surface area contributed by atoms with Gasteiger partial charge in [-0.1, -0.05) is 13.3 Å². The number of pyridine rings is 1. The number of anilines is 1. The SMILES string of the molecule is CCCCOc1nccc2[nH]nc(N)c12. The molecule has 2 heterocycles. The third-order valence-electron chi connectivity index (χ3n) is 2.21. The molecule has 0 aliphatic rings. The van der Waals surface area contributed by atoms with E-state index in [2.05, 4.69) is 22.1 Å². The van der Waals surface area contributed by atoms with Crippen LogP contribution in [0.5, 0.6) is 5.88 Å². The van der Waals surface area contributed by atoms with Crippen molar-refractivity contribution in [1.82, 2.24) is 15.2 Å². The van der Waals surface area contributed by atoms with Gasteiger partial charge in [-0.15, -0.1) is 0 Å². The molecule has 0 atom stereocenters. The van der Waals surface area contributed by atoms with Crippen molar-refractivity contribution in [3.63, 3.8) is 0 Å². The van der Waals surface area contributed by atoms with E-state index < -0.39 is 0 Å². The molecule has 0 spiro atoms. The van der Waals surface area contributed by atoms with E-state index in [0.29, 0.717) is 18.3 Å². The number of ether oxygens (including phenoxy) is 1. The third-order valence-corrected chi connectivity index (χ3v) is 2.21. The van der Waals surface area contributed by atoms with Gasteiger partial charge in [-0.3, -0.25) is 5.10 Å². The molecule has 0 fully saturated rings. The highest BCUT2D eigenvalue weighted by atomic mass is 16.5. The molecule has 0 aromatic carbocycles. The van der Waals surface area contributed by atoms with Crippen molar-refractivity contribution in [3.05, 3.63) is 12.3 Å². The van der Waals surface area contributed by atoms with Crippen LogP contribution >= 0.6 is 0 Å². The summed E-state index contributed by atoms with van der Waals surface area (Å²) in [6.45, 7) is 2.77. The maximum Gasteiger partial charge on any atom is 0.226 e. The number of fused-ring (bicyclic) bond motifs is 1. The highest BCUT2D eigenvalue weighted by Gasteiger charge is 2.09. The van der Waals surface area contributed by atoms with Crippen molar-refractivity contribution in [3.8, 4) is 5.88 Å². The predicted octanol–water partition coefficient (Wildman–Crippen LogP) is 1.72. The van der Waals surface area contributed by atoms with Crippen LogP contribution in [0.25, 0.3) is 10.9 Å². The number of aromatic nitrogens is 3. The second-order valence-electron chi connectivity index (χ2n) is 3.35. The Bertz CT molecular complexity index is 452. The first-order valence-corrected chi connectivity index (χ1v) is 5.04. The van der Waals surface area contributed by atoms with Gasteiger partial charge < -0.3 is 10.5 Å². The number of aromatic amines is 1. The summed E-state index contributed by atoms with van der Waals surface area (Å²) in [7, 11) is 0. The van der Waals surface area contributed by atoms with Gasteiger partial charge in [0.1, 0.15) is 5.39 Å². The number of nitrogens with two attached hydrogens (primary N) is 1. The quantitative estimate of drug-likeness (QED) is 0.747. The number of hydrogen-bond acceptors (Lipinski definition) is 4. The highest BCUT2D eigenvalue weighted by molar-refractivity contribution is 5.92. The fourth-order valence-corrected chi connectivity index (χ4v) is 1.38. The summed E-state index contributed by atoms with van der Waals surface area (Å²) < 4.78 is 5.55. The van der Waals surface area contributed by atoms with E-state index in [1.165, 1.54) is 0 Å². The summed E-state index contributed by atoms with van der Waals surface area (Å²) in [6, 6.07) is 1.82. The minimum atomic E-state index is 0.435. The zero-order chi connectivity index (χ0) is 10.7. The second-order valence-corrected chi connectivity index (χ2v) is 3.35. The van der Waals surface area contributed by atoms with Crippen LogP contribution in [0.3, 0.4) is 0 Å². The fourth-order valence-electron chi connectivity index (χ4n) is 1.38. The monoisotopic (exact) mass is 206 g/mol. The van der Waals surface area contributed by atoms with Crippen LogP contribution in [0, 0.1) is 0 Å². The molecule has 3 N–H and O–H groups in total. The molecule has 80 valence electrons. The van der Waals surface area contributed by atoms with Crippen molar-refractivity contribution < 1.29 is 4.74 Å². The molecule has 2 rings (SSSR count). The van der Waals surface area contributed by atoms with Crippen molar-refractivity contribution in [2.24, 2.45) is 0 Å². The minimum Gasteiger partial charge on any atom is -0.477 e. The molecule has 2 aromatic rings. The van der Waals surface area contributed by atoms with Crippen molar-refractivity contribution in [1.29, 1.82) is 0 Å². The normalized spacial score (nSPS) is 10.7.